The summed E-state index contributed by atoms with van der Waals surface area (Å²) in [5, 5.41) is 2.92. The Labute approximate surface area is 133 Å². The Balaban J connectivity index is 1.67. The molecular weight excluding hydrogens is 278 g/mol. The van der Waals surface area contributed by atoms with Gasteiger partial charge in [-0.3, -0.25) is 4.79 Å². The first kappa shape index (κ1) is 16.8. The molecule has 4 heteroatoms. The van der Waals surface area contributed by atoms with Gasteiger partial charge in [-0.25, -0.2) is 0 Å². The van der Waals surface area contributed by atoms with Crippen LogP contribution in [0.15, 0.2) is 24.3 Å². The summed E-state index contributed by atoms with van der Waals surface area (Å²) in [5.41, 5.74) is 0.907. The first-order chi connectivity index (χ1) is 10.7. The highest BCUT2D eigenvalue weighted by molar-refractivity contribution is 5.79. The smallest absolute Gasteiger partial charge is 0.224 e. The van der Waals surface area contributed by atoms with E-state index in [2.05, 4.69) is 12.2 Å². The molecule has 0 radical (unpaired) electrons. The fourth-order valence-corrected chi connectivity index (χ4v) is 3.02. The molecule has 0 aromatic heterocycles. The van der Waals surface area contributed by atoms with Crippen LogP contribution in [0.3, 0.4) is 0 Å². The van der Waals surface area contributed by atoms with Crippen molar-refractivity contribution in [1.29, 1.82) is 0 Å². The summed E-state index contributed by atoms with van der Waals surface area (Å²) in [6.45, 7) is 3.41. The Bertz CT molecular complexity index is 475. The van der Waals surface area contributed by atoms with Crippen molar-refractivity contribution in [2.45, 2.75) is 45.1 Å². The van der Waals surface area contributed by atoms with Crippen molar-refractivity contribution < 1.29 is 14.3 Å². The molecule has 0 aliphatic heterocycles. The second-order valence-corrected chi connectivity index (χ2v) is 6.01. The van der Waals surface area contributed by atoms with Crippen molar-refractivity contribution >= 4 is 5.91 Å². The quantitative estimate of drug-likeness (QED) is 0.788. The number of carbonyl (C=O) groups is 1. The lowest BCUT2D eigenvalue weighted by molar-refractivity contribution is -0.120. The van der Waals surface area contributed by atoms with Crippen LogP contribution < -0.4 is 10.1 Å². The van der Waals surface area contributed by atoms with E-state index in [1.807, 2.05) is 24.3 Å². The number of hydrogen-bond donors (Lipinski definition) is 1. The minimum atomic E-state index is 0.00444. The molecule has 0 bridgehead atoms. The Kier molecular flexibility index (Phi) is 6.72. The molecule has 2 atom stereocenters. The van der Waals surface area contributed by atoms with Gasteiger partial charge < -0.3 is 14.8 Å². The maximum Gasteiger partial charge on any atom is 0.224 e. The van der Waals surface area contributed by atoms with Crippen LogP contribution in [0.25, 0.3) is 0 Å². The van der Waals surface area contributed by atoms with Crippen LogP contribution in [0.2, 0.25) is 0 Å². The zero-order valence-electron chi connectivity index (χ0n) is 13.6. The number of benzene rings is 1. The lowest BCUT2D eigenvalue weighted by Gasteiger charge is -2.28. The summed E-state index contributed by atoms with van der Waals surface area (Å²) in [6, 6.07) is 7.60. The molecule has 1 aliphatic carbocycles. The molecule has 0 spiro atoms. The normalized spacial score (nSPS) is 21.4. The monoisotopic (exact) mass is 305 g/mol. The standard InChI is InChI=1S/C18H27NO3/c1-14-7-3-5-9-16(14)22-12-11-19-18(20)13-15-8-4-6-10-17(15)21-2/h4,6,8,10,14,16H,3,5,7,9,11-13H2,1-2H3,(H,19,20). The van der Waals surface area contributed by atoms with Crippen molar-refractivity contribution in [2.75, 3.05) is 20.3 Å². The van der Waals surface area contributed by atoms with Gasteiger partial charge in [-0.15, -0.1) is 0 Å². The molecule has 2 unspecified atom stereocenters. The third-order valence-corrected chi connectivity index (χ3v) is 4.33. The maximum absolute atomic E-state index is 12.0. The van der Waals surface area contributed by atoms with Gasteiger partial charge in [0, 0.05) is 12.1 Å². The molecule has 4 nitrogen and oxygen atoms in total. The number of para-hydroxylation sites is 1. The van der Waals surface area contributed by atoms with E-state index >= 15 is 0 Å². The van der Waals surface area contributed by atoms with Crippen LogP contribution in [0.5, 0.6) is 5.75 Å². The van der Waals surface area contributed by atoms with Crippen LogP contribution in [0, 0.1) is 5.92 Å². The molecule has 1 amide bonds. The van der Waals surface area contributed by atoms with Gasteiger partial charge >= 0.3 is 0 Å². The summed E-state index contributed by atoms with van der Waals surface area (Å²) < 4.78 is 11.2. The van der Waals surface area contributed by atoms with Gasteiger partial charge in [0.1, 0.15) is 5.75 Å². The summed E-state index contributed by atoms with van der Waals surface area (Å²) in [4.78, 5) is 12.0. The van der Waals surface area contributed by atoms with Crippen LogP contribution in [0.1, 0.15) is 38.2 Å². The van der Waals surface area contributed by atoms with Crippen molar-refractivity contribution in [3.63, 3.8) is 0 Å². The SMILES string of the molecule is COc1ccccc1CC(=O)NCCOC1CCCCC1C. The third kappa shape index (κ3) is 5.02. The van der Waals surface area contributed by atoms with Crippen LogP contribution >= 0.6 is 0 Å². The molecule has 122 valence electrons. The summed E-state index contributed by atoms with van der Waals surface area (Å²) >= 11 is 0. The van der Waals surface area contributed by atoms with Gasteiger partial charge in [0.05, 0.1) is 26.2 Å². The molecule has 2 rings (SSSR count). The van der Waals surface area contributed by atoms with E-state index in [0.717, 1.165) is 17.7 Å². The minimum absolute atomic E-state index is 0.00444. The predicted octanol–water partition coefficient (Wildman–Crippen LogP) is 2.95. The van der Waals surface area contributed by atoms with Gasteiger partial charge in [0.15, 0.2) is 0 Å². The molecule has 1 aromatic carbocycles. The van der Waals surface area contributed by atoms with Crippen molar-refractivity contribution in [3.8, 4) is 5.75 Å². The van der Waals surface area contributed by atoms with Gasteiger partial charge in [0.25, 0.3) is 0 Å². The third-order valence-electron chi connectivity index (χ3n) is 4.33. The average molecular weight is 305 g/mol. The van der Waals surface area contributed by atoms with Gasteiger partial charge in [-0.05, 0) is 24.8 Å². The second-order valence-electron chi connectivity index (χ2n) is 6.01. The van der Waals surface area contributed by atoms with Crippen LogP contribution in [-0.4, -0.2) is 32.3 Å². The van der Waals surface area contributed by atoms with E-state index in [1.54, 1.807) is 7.11 Å². The summed E-state index contributed by atoms with van der Waals surface area (Å²) in [6.07, 6.45) is 5.68. The lowest BCUT2D eigenvalue weighted by atomic mass is 9.88. The Morgan fingerprint density at radius 1 is 1.27 bits per heavy atom. The molecule has 1 N–H and O–H groups in total. The highest BCUT2D eigenvalue weighted by Crippen LogP contribution is 2.26. The summed E-state index contributed by atoms with van der Waals surface area (Å²) in [7, 11) is 1.62. The molecule has 0 saturated heterocycles. The Morgan fingerprint density at radius 3 is 2.82 bits per heavy atom. The van der Waals surface area contributed by atoms with E-state index in [-0.39, 0.29) is 5.91 Å². The van der Waals surface area contributed by atoms with E-state index in [0.29, 0.717) is 31.6 Å². The molecule has 1 saturated carbocycles. The minimum Gasteiger partial charge on any atom is -0.496 e. The van der Waals surface area contributed by atoms with E-state index in [4.69, 9.17) is 9.47 Å². The Morgan fingerprint density at radius 2 is 2.05 bits per heavy atom. The number of carbonyl (C=O) groups excluding carboxylic acids is 1. The van der Waals surface area contributed by atoms with Crippen molar-refractivity contribution in [2.24, 2.45) is 5.92 Å². The number of rotatable bonds is 7. The first-order valence-corrected chi connectivity index (χ1v) is 8.21. The van der Waals surface area contributed by atoms with Crippen molar-refractivity contribution in [3.05, 3.63) is 29.8 Å². The molecule has 1 fully saturated rings. The summed E-state index contributed by atoms with van der Waals surface area (Å²) in [5.74, 6) is 1.40. The van der Waals surface area contributed by atoms with Gasteiger partial charge in [0.2, 0.25) is 5.91 Å². The number of amides is 1. The van der Waals surface area contributed by atoms with Gasteiger partial charge in [-0.1, -0.05) is 38.0 Å². The van der Waals surface area contributed by atoms with E-state index < -0.39 is 0 Å². The number of ether oxygens (including phenoxy) is 2. The largest absolute Gasteiger partial charge is 0.496 e. The number of methoxy groups -OCH3 is 1. The molecular formula is C18H27NO3. The first-order valence-electron chi connectivity index (χ1n) is 8.21. The Hall–Kier alpha value is -1.55. The van der Waals surface area contributed by atoms with Gasteiger partial charge in [-0.2, -0.15) is 0 Å². The predicted molar refractivity (Wildman–Crippen MR) is 87.1 cm³/mol. The zero-order valence-corrected chi connectivity index (χ0v) is 13.6. The van der Waals surface area contributed by atoms with Crippen LogP contribution in [0.4, 0.5) is 0 Å². The van der Waals surface area contributed by atoms with Crippen LogP contribution in [-0.2, 0) is 16.0 Å². The van der Waals surface area contributed by atoms with E-state index in [1.165, 1.54) is 19.3 Å². The molecule has 0 heterocycles. The fraction of sp³-hybridized carbons (Fsp3) is 0.611. The molecule has 1 aliphatic rings. The fourth-order valence-electron chi connectivity index (χ4n) is 3.02. The second kappa shape index (κ2) is 8.79. The average Bonchev–Trinajstić information content (AvgIpc) is 2.53. The molecule has 22 heavy (non-hydrogen) atoms. The zero-order chi connectivity index (χ0) is 15.8. The maximum atomic E-state index is 12.0. The van der Waals surface area contributed by atoms with E-state index in [9.17, 15) is 4.79 Å². The highest BCUT2D eigenvalue weighted by atomic mass is 16.5. The number of hydrogen-bond acceptors (Lipinski definition) is 3. The topological polar surface area (TPSA) is 47.6 Å². The highest BCUT2D eigenvalue weighted by Gasteiger charge is 2.21. The van der Waals surface area contributed by atoms with Crippen molar-refractivity contribution in [1.82, 2.24) is 5.32 Å². The lowest BCUT2D eigenvalue weighted by Crippen LogP contribution is -2.32. The number of nitrogens with one attached hydrogen (secondary N) is 1. The molecule has 1 aromatic rings.